The van der Waals surface area contributed by atoms with Gasteiger partial charge in [-0.25, -0.2) is 0 Å². The maximum absolute atomic E-state index is 13.4. The number of Topliss-reactive ketones (excluding diaryl/α,β-unsaturated/α-hetero) is 1. The smallest absolute Gasteiger partial charge is 0.300 e. The maximum Gasteiger partial charge on any atom is 0.300 e. The number of aliphatic hydroxyl groups excluding tert-OH is 1. The third kappa shape index (κ3) is 4.37. The van der Waals surface area contributed by atoms with Crippen LogP contribution in [0.2, 0.25) is 5.02 Å². The third-order valence-corrected chi connectivity index (χ3v) is 6.42. The van der Waals surface area contributed by atoms with Crippen molar-refractivity contribution in [1.29, 1.82) is 0 Å². The summed E-state index contributed by atoms with van der Waals surface area (Å²) < 4.78 is 10.7. The van der Waals surface area contributed by atoms with Crippen molar-refractivity contribution < 1.29 is 24.2 Å². The van der Waals surface area contributed by atoms with Gasteiger partial charge < -0.3 is 14.6 Å². The fourth-order valence-electron chi connectivity index (χ4n) is 4.26. The first-order valence-corrected chi connectivity index (χ1v) is 11.5. The van der Waals surface area contributed by atoms with E-state index < -0.39 is 17.7 Å². The second-order valence-electron chi connectivity index (χ2n) is 8.51. The zero-order chi connectivity index (χ0) is 25.3. The van der Waals surface area contributed by atoms with Gasteiger partial charge in [-0.05, 0) is 35.2 Å². The number of ether oxygens (including phenoxy) is 2. The van der Waals surface area contributed by atoms with Crippen LogP contribution in [0.5, 0.6) is 11.5 Å². The number of hydrogen-bond acceptors (Lipinski definition) is 5. The first-order chi connectivity index (χ1) is 16.8. The van der Waals surface area contributed by atoms with Crippen molar-refractivity contribution in [3.8, 4) is 11.5 Å². The van der Waals surface area contributed by atoms with Crippen LogP contribution in [-0.2, 0) is 9.59 Å². The molecule has 0 radical (unpaired) electrons. The van der Waals surface area contributed by atoms with Crippen molar-refractivity contribution in [2.75, 3.05) is 19.1 Å². The minimum Gasteiger partial charge on any atom is -0.507 e. The van der Waals surface area contributed by atoms with Crippen molar-refractivity contribution in [2.24, 2.45) is 0 Å². The molecule has 1 fully saturated rings. The molecule has 0 spiro atoms. The standard InChI is InChI=1S/C28H26ClNO5/c1-16(2)17-10-12-19(13-11-17)30-25(18-8-6-5-7-9-18)24(27(32)28(30)33)26(31)20-14-23(35-4)21(29)15-22(20)34-3/h5-16,25,31H,1-4H3/b26-24+. The van der Waals surface area contributed by atoms with Crippen molar-refractivity contribution in [3.63, 3.8) is 0 Å². The van der Waals surface area contributed by atoms with E-state index in [-0.39, 0.29) is 27.7 Å². The average Bonchev–Trinajstić information content (AvgIpc) is 3.14. The molecular formula is C28H26ClNO5. The van der Waals surface area contributed by atoms with Crippen LogP contribution in [-0.4, -0.2) is 31.0 Å². The molecule has 6 nitrogen and oxygen atoms in total. The summed E-state index contributed by atoms with van der Waals surface area (Å²) in [4.78, 5) is 28.1. The lowest BCUT2D eigenvalue weighted by atomic mass is 9.94. The molecule has 180 valence electrons. The van der Waals surface area contributed by atoms with Gasteiger partial charge in [0, 0.05) is 11.8 Å². The van der Waals surface area contributed by atoms with E-state index in [1.54, 1.807) is 0 Å². The van der Waals surface area contributed by atoms with Crippen LogP contribution in [0.15, 0.2) is 72.3 Å². The summed E-state index contributed by atoms with van der Waals surface area (Å²) in [6, 6.07) is 18.8. The lowest BCUT2D eigenvalue weighted by Gasteiger charge is -2.26. The molecule has 1 heterocycles. The molecule has 0 saturated carbocycles. The SMILES string of the molecule is COc1cc(/C(O)=C2\C(=O)C(=O)N(c3ccc(C(C)C)cc3)C2c2ccccc2)c(OC)cc1Cl. The van der Waals surface area contributed by atoms with Gasteiger partial charge in [-0.2, -0.15) is 0 Å². The molecule has 7 heteroatoms. The summed E-state index contributed by atoms with van der Waals surface area (Å²) in [5.74, 6) is -1.03. The average molecular weight is 492 g/mol. The molecule has 1 saturated heterocycles. The molecule has 3 aromatic carbocycles. The van der Waals surface area contributed by atoms with Crippen molar-refractivity contribution in [2.45, 2.75) is 25.8 Å². The Balaban J connectivity index is 1.95. The van der Waals surface area contributed by atoms with Gasteiger partial charge in [0.05, 0.1) is 36.4 Å². The van der Waals surface area contributed by atoms with Gasteiger partial charge in [-0.1, -0.05) is 67.9 Å². The van der Waals surface area contributed by atoms with Crippen LogP contribution in [0.1, 0.15) is 42.5 Å². The largest absolute Gasteiger partial charge is 0.507 e. The molecule has 3 aromatic rings. The van der Waals surface area contributed by atoms with E-state index >= 15 is 0 Å². The number of hydrogen-bond donors (Lipinski definition) is 1. The predicted molar refractivity (Wildman–Crippen MR) is 136 cm³/mol. The molecule has 35 heavy (non-hydrogen) atoms. The van der Waals surface area contributed by atoms with Crippen molar-refractivity contribution >= 4 is 34.7 Å². The van der Waals surface area contributed by atoms with Crippen LogP contribution in [0.4, 0.5) is 5.69 Å². The van der Waals surface area contributed by atoms with E-state index in [9.17, 15) is 14.7 Å². The van der Waals surface area contributed by atoms with E-state index in [4.69, 9.17) is 21.1 Å². The van der Waals surface area contributed by atoms with Gasteiger partial charge >= 0.3 is 0 Å². The Labute approximate surface area is 209 Å². The zero-order valence-electron chi connectivity index (χ0n) is 19.9. The summed E-state index contributed by atoms with van der Waals surface area (Å²) in [5, 5.41) is 11.7. The number of halogens is 1. The molecule has 0 aromatic heterocycles. The molecule has 0 bridgehead atoms. The summed E-state index contributed by atoms with van der Waals surface area (Å²) in [7, 11) is 2.87. The van der Waals surface area contributed by atoms with Crippen molar-refractivity contribution in [3.05, 3.63) is 94.0 Å². The Bertz CT molecular complexity index is 1300. The Morgan fingerprint density at radius 2 is 1.57 bits per heavy atom. The summed E-state index contributed by atoms with van der Waals surface area (Å²) >= 11 is 6.23. The van der Waals surface area contributed by atoms with E-state index in [1.807, 2.05) is 54.6 Å². The molecule has 4 rings (SSSR count). The van der Waals surface area contributed by atoms with Gasteiger partial charge in [0.2, 0.25) is 0 Å². The molecular weight excluding hydrogens is 466 g/mol. The van der Waals surface area contributed by atoms with Crippen LogP contribution >= 0.6 is 11.6 Å². The van der Waals surface area contributed by atoms with Gasteiger partial charge in [-0.15, -0.1) is 0 Å². The third-order valence-electron chi connectivity index (χ3n) is 6.13. The number of nitrogens with zero attached hydrogens (tertiary/aromatic N) is 1. The number of aliphatic hydroxyl groups is 1. The molecule has 1 amide bonds. The number of amides is 1. The Morgan fingerprint density at radius 1 is 0.943 bits per heavy atom. The number of ketones is 1. The van der Waals surface area contributed by atoms with Crippen LogP contribution in [0.3, 0.4) is 0 Å². The summed E-state index contributed by atoms with van der Waals surface area (Å²) in [6.07, 6.45) is 0. The predicted octanol–water partition coefficient (Wildman–Crippen LogP) is 6.11. The fraction of sp³-hybridized carbons (Fsp3) is 0.214. The van der Waals surface area contributed by atoms with Crippen LogP contribution in [0.25, 0.3) is 5.76 Å². The van der Waals surface area contributed by atoms with E-state index in [0.29, 0.717) is 22.9 Å². The fourth-order valence-corrected chi connectivity index (χ4v) is 4.49. The molecule has 1 aliphatic rings. The topological polar surface area (TPSA) is 76.1 Å². The van der Waals surface area contributed by atoms with E-state index in [1.165, 1.54) is 31.3 Å². The number of carbonyl (C=O) groups excluding carboxylic acids is 2. The lowest BCUT2D eigenvalue weighted by Crippen LogP contribution is -2.29. The molecule has 1 unspecified atom stereocenters. The minimum atomic E-state index is -0.840. The van der Waals surface area contributed by atoms with Gasteiger partial charge in [-0.3, -0.25) is 14.5 Å². The molecule has 1 N–H and O–H groups in total. The second kappa shape index (κ2) is 9.84. The first kappa shape index (κ1) is 24.4. The Hall–Kier alpha value is -3.77. The zero-order valence-corrected chi connectivity index (χ0v) is 20.7. The van der Waals surface area contributed by atoms with Crippen LogP contribution in [0, 0.1) is 0 Å². The monoisotopic (exact) mass is 491 g/mol. The quantitative estimate of drug-likeness (QED) is 0.256. The number of methoxy groups -OCH3 is 2. The number of carbonyl (C=O) groups is 2. The van der Waals surface area contributed by atoms with Crippen molar-refractivity contribution in [1.82, 2.24) is 0 Å². The van der Waals surface area contributed by atoms with Gasteiger partial charge in [0.1, 0.15) is 17.3 Å². The highest BCUT2D eigenvalue weighted by Gasteiger charge is 2.47. The number of rotatable bonds is 6. The van der Waals surface area contributed by atoms with E-state index in [0.717, 1.165) is 5.56 Å². The highest BCUT2D eigenvalue weighted by molar-refractivity contribution is 6.51. The minimum absolute atomic E-state index is 0.0446. The molecule has 1 aliphatic heterocycles. The second-order valence-corrected chi connectivity index (χ2v) is 8.92. The van der Waals surface area contributed by atoms with Gasteiger partial charge in [0.25, 0.3) is 11.7 Å². The van der Waals surface area contributed by atoms with E-state index in [2.05, 4.69) is 13.8 Å². The van der Waals surface area contributed by atoms with Crippen LogP contribution < -0.4 is 14.4 Å². The molecule has 1 atom stereocenters. The lowest BCUT2D eigenvalue weighted by molar-refractivity contribution is -0.132. The number of anilines is 1. The Morgan fingerprint density at radius 3 is 2.14 bits per heavy atom. The first-order valence-electron chi connectivity index (χ1n) is 11.2. The molecule has 0 aliphatic carbocycles. The normalized spacial score (nSPS) is 17.2. The summed E-state index contributed by atoms with van der Waals surface area (Å²) in [6.45, 7) is 4.16. The van der Waals surface area contributed by atoms with Gasteiger partial charge in [0.15, 0.2) is 0 Å². The summed E-state index contributed by atoms with van der Waals surface area (Å²) in [5.41, 5.74) is 2.50. The maximum atomic E-state index is 13.4. The number of benzene rings is 3. The highest BCUT2D eigenvalue weighted by atomic mass is 35.5. The highest BCUT2D eigenvalue weighted by Crippen LogP contribution is 2.44. The Kier molecular flexibility index (Phi) is 6.85.